The van der Waals surface area contributed by atoms with E-state index < -0.39 is 0 Å². The van der Waals surface area contributed by atoms with E-state index in [4.69, 9.17) is 0 Å². The molecule has 2 aromatic carbocycles. The zero-order valence-corrected chi connectivity index (χ0v) is 17.3. The Morgan fingerprint density at radius 3 is 2.14 bits per heavy atom. The van der Waals surface area contributed by atoms with Crippen molar-refractivity contribution < 1.29 is 9.59 Å². The summed E-state index contributed by atoms with van der Waals surface area (Å²) in [6.45, 7) is 5.74. The normalized spacial score (nSPS) is 10.4. The lowest BCUT2D eigenvalue weighted by molar-refractivity contribution is 0.0846. The van der Waals surface area contributed by atoms with E-state index in [9.17, 15) is 9.59 Å². The van der Waals surface area contributed by atoms with E-state index in [0.717, 1.165) is 27.7 Å². The molecule has 148 valence electrons. The van der Waals surface area contributed by atoms with Gasteiger partial charge in [-0.15, -0.1) is 0 Å². The van der Waals surface area contributed by atoms with Gasteiger partial charge in [-0.1, -0.05) is 42.1 Å². The Morgan fingerprint density at radius 1 is 0.862 bits per heavy atom. The van der Waals surface area contributed by atoms with Crippen molar-refractivity contribution in [1.82, 2.24) is 20.8 Å². The Labute approximate surface area is 174 Å². The Balaban J connectivity index is 1.54. The number of rotatable bonds is 5. The van der Waals surface area contributed by atoms with Crippen LogP contribution in [-0.2, 0) is 5.75 Å². The zero-order chi connectivity index (χ0) is 20.8. The van der Waals surface area contributed by atoms with Crippen LogP contribution in [-0.4, -0.2) is 21.8 Å². The van der Waals surface area contributed by atoms with Gasteiger partial charge in [0.15, 0.2) is 5.16 Å². The number of thioether (sulfide) groups is 1. The summed E-state index contributed by atoms with van der Waals surface area (Å²) in [5.74, 6) is -0.0175. The molecule has 0 bridgehead atoms. The average molecular weight is 407 g/mol. The summed E-state index contributed by atoms with van der Waals surface area (Å²) >= 11 is 1.55. The van der Waals surface area contributed by atoms with Crippen LogP contribution >= 0.6 is 11.8 Å². The molecule has 29 heavy (non-hydrogen) atoms. The predicted octanol–water partition coefficient (Wildman–Crippen LogP) is 3.77. The van der Waals surface area contributed by atoms with Crippen LogP contribution in [0.3, 0.4) is 0 Å². The number of amides is 2. The minimum Gasteiger partial charge on any atom is -0.267 e. The standard InChI is InChI=1S/C22H22N4O2S/c1-14-6-4-5-7-19(14)21(28)26-25-20(27)18-10-8-17(9-11-18)13-29-22-23-15(2)12-16(3)24-22/h4-12H,13H2,1-3H3,(H,25,27)(H,26,28). The second-order valence-electron chi connectivity index (χ2n) is 6.64. The van der Waals surface area contributed by atoms with E-state index in [0.29, 0.717) is 16.9 Å². The first-order chi connectivity index (χ1) is 13.9. The van der Waals surface area contributed by atoms with Crippen molar-refractivity contribution >= 4 is 23.6 Å². The molecule has 2 N–H and O–H groups in total. The highest BCUT2D eigenvalue weighted by atomic mass is 32.2. The number of nitrogens with zero attached hydrogens (tertiary/aromatic N) is 2. The van der Waals surface area contributed by atoms with E-state index in [2.05, 4.69) is 20.8 Å². The molecular weight excluding hydrogens is 384 g/mol. The summed E-state index contributed by atoms with van der Waals surface area (Å²) in [6, 6.07) is 16.4. The van der Waals surface area contributed by atoms with Crippen molar-refractivity contribution in [3.63, 3.8) is 0 Å². The molecule has 0 aliphatic rings. The highest BCUT2D eigenvalue weighted by Gasteiger charge is 2.11. The lowest BCUT2D eigenvalue weighted by Gasteiger charge is -2.09. The first-order valence-electron chi connectivity index (χ1n) is 9.13. The van der Waals surface area contributed by atoms with E-state index in [1.165, 1.54) is 0 Å². The quantitative estimate of drug-likeness (QED) is 0.383. The van der Waals surface area contributed by atoms with Crippen molar-refractivity contribution in [1.29, 1.82) is 0 Å². The van der Waals surface area contributed by atoms with Gasteiger partial charge >= 0.3 is 0 Å². The lowest BCUT2D eigenvalue weighted by Crippen LogP contribution is -2.41. The van der Waals surface area contributed by atoms with E-state index in [1.807, 2.05) is 51.1 Å². The second kappa shape index (κ2) is 9.34. The van der Waals surface area contributed by atoms with Crippen LogP contribution < -0.4 is 10.9 Å². The molecule has 0 fully saturated rings. The number of hydrogen-bond acceptors (Lipinski definition) is 5. The van der Waals surface area contributed by atoms with Gasteiger partial charge < -0.3 is 0 Å². The number of hydrazine groups is 1. The van der Waals surface area contributed by atoms with Gasteiger partial charge in [0.2, 0.25) is 0 Å². The van der Waals surface area contributed by atoms with Gasteiger partial charge in [0.25, 0.3) is 11.8 Å². The summed E-state index contributed by atoms with van der Waals surface area (Å²) in [7, 11) is 0. The van der Waals surface area contributed by atoms with Crippen LogP contribution in [0.2, 0.25) is 0 Å². The Bertz CT molecular complexity index is 1010. The largest absolute Gasteiger partial charge is 0.269 e. The topological polar surface area (TPSA) is 84.0 Å². The first-order valence-corrected chi connectivity index (χ1v) is 10.1. The van der Waals surface area contributed by atoms with Crippen LogP contribution in [0.4, 0.5) is 0 Å². The number of carbonyl (C=O) groups excluding carboxylic acids is 2. The molecule has 0 atom stereocenters. The van der Waals surface area contributed by atoms with Gasteiger partial charge in [0, 0.05) is 28.3 Å². The average Bonchev–Trinajstić information content (AvgIpc) is 2.70. The number of aromatic nitrogens is 2. The number of aryl methyl sites for hydroxylation is 3. The molecule has 1 heterocycles. The fourth-order valence-electron chi connectivity index (χ4n) is 2.74. The molecule has 6 nitrogen and oxygen atoms in total. The fraction of sp³-hybridized carbons (Fsp3) is 0.182. The van der Waals surface area contributed by atoms with E-state index >= 15 is 0 Å². The summed E-state index contributed by atoms with van der Waals surface area (Å²) in [4.78, 5) is 33.3. The van der Waals surface area contributed by atoms with Crippen molar-refractivity contribution in [2.24, 2.45) is 0 Å². The smallest absolute Gasteiger partial charge is 0.267 e. The molecule has 1 aromatic heterocycles. The molecule has 0 spiro atoms. The van der Waals surface area contributed by atoms with E-state index in [-0.39, 0.29) is 11.8 Å². The third kappa shape index (κ3) is 5.65. The third-order valence-electron chi connectivity index (χ3n) is 4.23. The summed E-state index contributed by atoms with van der Waals surface area (Å²) in [6.07, 6.45) is 0. The van der Waals surface area contributed by atoms with Gasteiger partial charge in [-0.25, -0.2) is 9.97 Å². The first kappa shape index (κ1) is 20.5. The number of nitrogens with one attached hydrogen (secondary N) is 2. The SMILES string of the molecule is Cc1cc(C)nc(SCc2ccc(C(=O)NNC(=O)c3ccccc3C)cc2)n1. The summed E-state index contributed by atoms with van der Waals surface area (Å²) < 4.78 is 0. The van der Waals surface area contributed by atoms with Gasteiger partial charge in [0.05, 0.1) is 0 Å². The lowest BCUT2D eigenvalue weighted by atomic mass is 10.1. The molecule has 0 aliphatic heterocycles. The Kier molecular flexibility index (Phi) is 6.61. The molecule has 0 unspecified atom stereocenters. The van der Waals surface area contributed by atoms with Gasteiger partial charge in [-0.2, -0.15) is 0 Å². The van der Waals surface area contributed by atoms with Crippen LogP contribution in [0.5, 0.6) is 0 Å². The number of carbonyl (C=O) groups is 2. The molecule has 0 radical (unpaired) electrons. The molecule has 3 rings (SSSR count). The maximum absolute atomic E-state index is 12.3. The second-order valence-corrected chi connectivity index (χ2v) is 7.58. The van der Waals surface area contributed by atoms with E-state index in [1.54, 1.807) is 36.0 Å². The van der Waals surface area contributed by atoms with Crippen molar-refractivity contribution in [2.75, 3.05) is 0 Å². The molecular formula is C22H22N4O2S. The number of hydrogen-bond donors (Lipinski definition) is 2. The highest BCUT2D eigenvalue weighted by molar-refractivity contribution is 7.98. The van der Waals surface area contributed by atoms with Crippen molar-refractivity contribution in [2.45, 2.75) is 31.7 Å². The molecule has 0 aliphatic carbocycles. The van der Waals surface area contributed by atoms with Gasteiger partial charge in [-0.05, 0) is 56.2 Å². The zero-order valence-electron chi connectivity index (χ0n) is 16.5. The monoisotopic (exact) mass is 406 g/mol. The number of benzene rings is 2. The Morgan fingerprint density at radius 2 is 1.48 bits per heavy atom. The highest BCUT2D eigenvalue weighted by Crippen LogP contribution is 2.20. The summed E-state index contributed by atoms with van der Waals surface area (Å²) in [5.41, 5.74) is 9.67. The van der Waals surface area contributed by atoms with Crippen LogP contribution in [0.1, 0.15) is 43.2 Å². The van der Waals surface area contributed by atoms with Crippen LogP contribution in [0, 0.1) is 20.8 Å². The van der Waals surface area contributed by atoms with Gasteiger partial charge in [-0.3, -0.25) is 20.4 Å². The minimum atomic E-state index is -0.372. The maximum Gasteiger partial charge on any atom is 0.269 e. The van der Waals surface area contributed by atoms with Gasteiger partial charge in [0.1, 0.15) is 0 Å². The third-order valence-corrected chi connectivity index (χ3v) is 5.14. The van der Waals surface area contributed by atoms with Crippen LogP contribution in [0.15, 0.2) is 59.8 Å². The van der Waals surface area contributed by atoms with Crippen molar-refractivity contribution in [3.05, 3.63) is 88.2 Å². The predicted molar refractivity (Wildman–Crippen MR) is 114 cm³/mol. The van der Waals surface area contributed by atoms with Crippen molar-refractivity contribution in [3.8, 4) is 0 Å². The molecule has 3 aromatic rings. The molecule has 7 heteroatoms. The fourth-order valence-corrected chi connectivity index (χ4v) is 3.64. The summed E-state index contributed by atoms with van der Waals surface area (Å²) in [5, 5.41) is 0.739. The molecule has 0 saturated heterocycles. The van der Waals surface area contributed by atoms with Crippen LogP contribution in [0.25, 0.3) is 0 Å². The Hall–Kier alpha value is -3.19. The maximum atomic E-state index is 12.3. The minimum absolute atomic E-state index is 0.349. The molecule has 0 saturated carbocycles. The molecule has 2 amide bonds.